The molecule has 2 aliphatic rings. The van der Waals surface area contributed by atoms with Crippen molar-refractivity contribution >= 4 is 11.9 Å². The number of carbonyl (C=O) groups is 2. The van der Waals surface area contributed by atoms with Gasteiger partial charge in [-0.05, 0) is 83.1 Å². The van der Waals surface area contributed by atoms with Gasteiger partial charge >= 0.3 is 11.9 Å². The molecule has 22 unspecified atom stereocenters. The molecule has 0 spiro atoms. The molecule has 84 heavy (non-hydrogen) atoms. The van der Waals surface area contributed by atoms with E-state index in [-0.39, 0.29) is 55.6 Å². The van der Waals surface area contributed by atoms with Crippen LogP contribution in [0.25, 0.3) is 0 Å². The van der Waals surface area contributed by atoms with Crippen LogP contribution in [0.2, 0.25) is 0 Å². The number of ether oxygens (including phenoxy) is 3. The first-order valence-electron chi connectivity index (χ1n) is 29.8. The average molecular weight is 1210 g/mol. The number of aliphatic hydroxyl groups is 17. The molecule has 27 atom stereocenters. The Balaban J connectivity index is 2.42. The van der Waals surface area contributed by atoms with E-state index in [1.807, 2.05) is 6.92 Å². The number of aliphatic hydroxyl groups excluding tert-OH is 17. The minimum absolute atomic E-state index is 0.0520. The molecule has 2 aliphatic heterocycles. The smallest absolute Gasteiger partial charge is 0.333 e. The molecular weight excluding hydrogens is 1100 g/mol. The second-order valence-corrected chi connectivity index (χ2v) is 24.2. The van der Waals surface area contributed by atoms with Crippen molar-refractivity contribution in [1.82, 2.24) is 0 Å². The molecule has 488 valence electrons. The first-order valence-corrected chi connectivity index (χ1v) is 29.8. The fourth-order valence-corrected chi connectivity index (χ4v) is 10.5. The van der Waals surface area contributed by atoms with Crippen molar-refractivity contribution in [3.05, 3.63) is 59.8 Å². The highest BCUT2D eigenvalue weighted by atomic mass is 16.7. The molecule has 0 aliphatic carbocycles. The maximum atomic E-state index is 13.3. The Labute approximate surface area is 495 Å². The normalized spacial score (nSPS) is 45.0. The van der Waals surface area contributed by atoms with E-state index < -0.39 is 189 Å². The van der Waals surface area contributed by atoms with Crippen LogP contribution >= 0.6 is 0 Å². The Bertz CT molecular complexity index is 2030. The Morgan fingerprint density at radius 2 is 1.14 bits per heavy atom. The predicted octanol–water partition coefficient (Wildman–Crippen LogP) is 0.568. The van der Waals surface area contributed by atoms with Crippen molar-refractivity contribution in [3.8, 4) is 0 Å². The van der Waals surface area contributed by atoms with Crippen LogP contribution in [-0.4, -0.2) is 233 Å². The number of hydrogen-bond acceptors (Lipinski definition) is 22. The summed E-state index contributed by atoms with van der Waals surface area (Å²) in [7, 11) is 0. The second-order valence-electron chi connectivity index (χ2n) is 24.2. The van der Waals surface area contributed by atoms with Crippen molar-refractivity contribution < 1.29 is 116 Å². The van der Waals surface area contributed by atoms with Gasteiger partial charge in [-0.15, -0.1) is 0 Å². The fraction of sp³-hybridized carbons (Fsp3) is 0.803. The minimum atomic E-state index is -1.89. The predicted molar refractivity (Wildman–Crippen MR) is 309 cm³/mol. The molecule has 1 fully saturated rings. The molecule has 18 N–H and O–H groups in total. The molecule has 0 saturated carbocycles. The van der Waals surface area contributed by atoms with Crippen LogP contribution in [0.4, 0.5) is 0 Å². The van der Waals surface area contributed by atoms with Crippen molar-refractivity contribution in [2.75, 3.05) is 6.61 Å². The molecule has 0 amide bonds. The number of carboxylic acids is 1. The third-order valence-electron chi connectivity index (χ3n) is 17.0. The van der Waals surface area contributed by atoms with Gasteiger partial charge in [0.15, 0.2) is 6.29 Å². The highest BCUT2D eigenvalue weighted by molar-refractivity contribution is 5.87. The Morgan fingerprint density at radius 1 is 0.571 bits per heavy atom. The molecule has 0 radical (unpaired) electrons. The Hall–Kier alpha value is -3.12. The van der Waals surface area contributed by atoms with Crippen LogP contribution in [0.1, 0.15) is 139 Å². The Kier molecular flexibility index (Phi) is 35.1. The summed E-state index contributed by atoms with van der Waals surface area (Å²) in [6, 6.07) is 0. The van der Waals surface area contributed by atoms with E-state index in [2.05, 4.69) is 0 Å². The molecule has 23 nitrogen and oxygen atoms in total. The van der Waals surface area contributed by atoms with Gasteiger partial charge in [0, 0.05) is 60.3 Å². The van der Waals surface area contributed by atoms with E-state index in [0.717, 1.165) is 0 Å². The topological polar surface area (TPSA) is 426 Å². The maximum Gasteiger partial charge on any atom is 0.333 e. The van der Waals surface area contributed by atoms with Gasteiger partial charge in [-0.3, -0.25) is 4.79 Å². The molecule has 2 rings (SSSR count). The average Bonchev–Trinajstić information content (AvgIpc) is 3.25. The van der Waals surface area contributed by atoms with Crippen molar-refractivity contribution in [2.45, 2.75) is 262 Å². The highest BCUT2D eigenvalue weighted by Crippen LogP contribution is 2.30. The molecule has 2 heterocycles. The molecule has 0 aromatic carbocycles. The lowest BCUT2D eigenvalue weighted by molar-refractivity contribution is -0.313. The van der Waals surface area contributed by atoms with Crippen LogP contribution < -0.4 is 0 Å². The van der Waals surface area contributed by atoms with E-state index in [4.69, 9.17) is 14.2 Å². The maximum absolute atomic E-state index is 13.3. The van der Waals surface area contributed by atoms with Crippen molar-refractivity contribution in [3.63, 3.8) is 0 Å². The van der Waals surface area contributed by atoms with Gasteiger partial charge in [-0.1, -0.05) is 97.1 Å². The molecule has 0 bridgehead atoms. The van der Waals surface area contributed by atoms with Crippen LogP contribution in [0.15, 0.2) is 59.8 Å². The number of carbonyl (C=O) groups excluding carboxylic acids is 1. The number of rotatable bonds is 6. The molecule has 23 heteroatoms. The first-order chi connectivity index (χ1) is 39.2. The lowest BCUT2D eigenvalue weighted by Gasteiger charge is -2.41. The van der Waals surface area contributed by atoms with Crippen LogP contribution in [0, 0.1) is 41.4 Å². The second kappa shape index (κ2) is 38.3. The third-order valence-corrected chi connectivity index (χ3v) is 17.0. The van der Waals surface area contributed by atoms with Crippen LogP contribution in [-0.2, 0) is 23.8 Å². The highest BCUT2D eigenvalue weighted by Gasteiger charge is 2.46. The van der Waals surface area contributed by atoms with Gasteiger partial charge < -0.3 is 106 Å². The number of hydrogen-bond donors (Lipinski definition) is 18. The monoisotopic (exact) mass is 1210 g/mol. The zero-order valence-electron chi connectivity index (χ0n) is 50.5. The quantitative estimate of drug-likeness (QED) is 0.128. The number of aliphatic carboxylic acids is 1. The number of allylic oxidation sites excluding steroid dienone is 2. The van der Waals surface area contributed by atoms with Gasteiger partial charge in [0.2, 0.25) is 0 Å². The zero-order valence-corrected chi connectivity index (χ0v) is 50.5. The van der Waals surface area contributed by atoms with Gasteiger partial charge in [0.25, 0.3) is 0 Å². The van der Waals surface area contributed by atoms with E-state index in [1.54, 1.807) is 52.0 Å². The minimum Gasteiger partial charge on any atom is -0.481 e. The number of carboxylic acid groups (broad SMARTS) is 1. The van der Waals surface area contributed by atoms with Gasteiger partial charge in [-0.2, -0.15) is 0 Å². The number of cyclic esters (lactones) is 1. The summed E-state index contributed by atoms with van der Waals surface area (Å²) in [6.07, 6.45) is -16.1. The van der Waals surface area contributed by atoms with Gasteiger partial charge in [0.1, 0.15) is 36.6 Å². The van der Waals surface area contributed by atoms with E-state index in [1.165, 1.54) is 52.0 Å². The first kappa shape index (κ1) is 77.0. The van der Waals surface area contributed by atoms with Crippen molar-refractivity contribution in [2.24, 2.45) is 41.4 Å². The summed E-state index contributed by atoms with van der Waals surface area (Å²) < 4.78 is 17.2. The van der Waals surface area contributed by atoms with Gasteiger partial charge in [0.05, 0.1) is 86.0 Å². The standard InChI is InChI=1S/C61H106O23/c1-31-14-10-11-18-46(69)37(7)55(76)32(2)15-12-16-34(4)60(81)82-50(22-23-53(73)74)36(6)45(68)19-13-17-40(63)25-41(64)27-47(70)38(8)56(77)39(9)48(71)28-42(65)26-43(66)29-49(72)51(24-35(5)54(75)33(3)20-21-44(31)67)83-61-59(80)58(79)57(78)52(30-62)84-61/h10,13-14,16-17,20-21,24,31-33,36-52,54-59,61-72,75-80H,11-12,15,18-19,22-23,25-30H2,1-9H3,(H,73,74)/b14-10+,17-13+,21-20+,34-16+,35-24+/t31?,32?,33?,36?,37?,38?,39?,40?,41?,42?,43?,44?,45?,46?,47?,48?,49?,50?,51?,52-,54?,55?,56?,57-,58+,59+,61+/m1/s1. The van der Waals surface area contributed by atoms with Crippen molar-refractivity contribution in [1.29, 1.82) is 0 Å². The lowest BCUT2D eigenvalue weighted by atomic mass is 9.82. The molecule has 0 aromatic rings. The Morgan fingerprint density at radius 3 is 1.73 bits per heavy atom. The van der Waals surface area contributed by atoms with E-state index >= 15 is 0 Å². The largest absolute Gasteiger partial charge is 0.481 e. The molecular formula is C61H106O23. The summed E-state index contributed by atoms with van der Waals surface area (Å²) in [5, 5.41) is 195. The summed E-state index contributed by atoms with van der Waals surface area (Å²) in [5.41, 5.74) is 0.440. The van der Waals surface area contributed by atoms with Crippen LogP contribution in [0.3, 0.4) is 0 Å². The van der Waals surface area contributed by atoms with E-state index in [0.29, 0.717) is 25.7 Å². The third kappa shape index (κ3) is 25.9. The van der Waals surface area contributed by atoms with Crippen LogP contribution in [0.5, 0.6) is 0 Å². The SMILES string of the molecule is C/C1=C\CCC(C)C(O)C(C)C(O)CC/C=C/C(C)C(O)/C=C/C(C)C(O)/C(C)=C/C(O[C@H]2O[C@H](CO)[C@@H](O)[C@H](O)[C@@H]2O)C(O)CC(O)CC(O)CC(O)C(C)C(O)C(C)C(O)CC(O)CC(O)/C=C/CC(O)C(C)C(CCC(=O)O)OC1=O. The summed E-state index contributed by atoms with van der Waals surface area (Å²) in [5.74, 6) is -6.43. The lowest BCUT2D eigenvalue weighted by Crippen LogP contribution is -2.60. The fourth-order valence-electron chi connectivity index (χ4n) is 10.5. The van der Waals surface area contributed by atoms with Gasteiger partial charge in [-0.25, -0.2) is 4.79 Å². The summed E-state index contributed by atoms with van der Waals surface area (Å²) in [4.78, 5) is 24.8. The zero-order chi connectivity index (χ0) is 63.9. The molecule has 0 aromatic heterocycles. The number of esters is 1. The summed E-state index contributed by atoms with van der Waals surface area (Å²) in [6.45, 7) is 13.8. The summed E-state index contributed by atoms with van der Waals surface area (Å²) >= 11 is 0. The van der Waals surface area contributed by atoms with E-state index in [9.17, 15) is 102 Å². The molecule has 1 saturated heterocycles.